The van der Waals surface area contributed by atoms with E-state index in [1.807, 2.05) is 0 Å². The van der Waals surface area contributed by atoms with E-state index in [0.29, 0.717) is 19.4 Å². The maximum absolute atomic E-state index is 14.1. The van der Waals surface area contributed by atoms with E-state index in [4.69, 9.17) is 10.5 Å². The third-order valence-corrected chi connectivity index (χ3v) is 5.33. The van der Waals surface area contributed by atoms with Crippen LogP contribution in [0.1, 0.15) is 25.3 Å². The third kappa shape index (κ3) is 4.64. The number of rotatable bonds is 7. The van der Waals surface area contributed by atoms with Crippen molar-refractivity contribution in [3.8, 4) is 5.75 Å². The Kier molecular flexibility index (Phi) is 6.27. The first kappa shape index (κ1) is 19.1. The second-order valence-electron chi connectivity index (χ2n) is 5.50. The van der Waals surface area contributed by atoms with Crippen molar-refractivity contribution in [2.45, 2.75) is 36.0 Å². The molecule has 25 heavy (non-hydrogen) atoms. The summed E-state index contributed by atoms with van der Waals surface area (Å²) in [5, 5.41) is 0. The zero-order valence-electron chi connectivity index (χ0n) is 13.9. The molecular formula is C18H20FNO4S. The smallest absolute Gasteiger partial charge is 0.311 e. The molecule has 0 saturated carbocycles. The average molecular weight is 365 g/mol. The summed E-state index contributed by atoms with van der Waals surface area (Å²) in [6.45, 7) is 2.27. The highest BCUT2D eigenvalue weighted by Crippen LogP contribution is 2.26. The van der Waals surface area contributed by atoms with Crippen LogP contribution in [-0.2, 0) is 21.1 Å². The Balaban J connectivity index is 2.27. The summed E-state index contributed by atoms with van der Waals surface area (Å²) >= 11 is 0. The quantitative estimate of drug-likeness (QED) is 0.602. The minimum atomic E-state index is -3.86. The summed E-state index contributed by atoms with van der Waals surface area (Å²) in [6, 6.07) is 9.52. The molecule has 134 valence electrons. The van der Waals surface area contributed by atoms with Crippen LogP contribution in [0.3, 0.4) is 0 Å². The normalized spacial score (nSPS) is 11.3. The molecular weight excluding hydrogens is 345 g/mol. The lowest BCUT2D eigenvalue weighted by Gasteiger charge is -2.09. The Bertz CT molecular complexity index is 848. The Morgan fingerprint density at radius 2 is 1.76 bits per heavy atom. The van der Waals surface area contributed by atoms with E-state index in [2.05, 4.69) is 0 Å². The monoisotopic (exact) mass is 365 g/mol. The number of nitrogens with two attached hydrogens (primary N) is 1. The van der Waals surface area contributed by atoms with Crippen LogP contribution in [0.25, 0.3) is 0 Å². The molecule has 0 saturated heterocycles. The van der Waals surface area contributed by atoms with Gasteiger partial charge in [-0.05, 0) is 55.3 Å². The van der Waals surface area contributed by atoms with Gasteiger partial charge in [0.25, 0.3) is 0 Å². The van der Waals surface area contributed by atoms with Gasteiger partial charge in [-0.25, -0.2) is 12.8 Å². The van der Waals surface area contributed by atoms with Crippen LogP contribution in [-0.4, -0.2) is 20.9 Å². The Morgan fingerprint density at radius 1 is 1.12 bits per heavy atom. The van der Waals surface area contributed by atoms with Crippen molar-refractivity contribution < 1.29 is 22.3 Å². The fourth-order valence-electron chi connectivity index (χ4n) is 2.25. The molecule has 2 N–H and O–H groups in total. The van der Waals surface area contributed by atoms with Crippen LogP contribution >= 0.6 is 0 Å². The molecule has 0 radical (unpaired) electrons. The predicted molar refractivity (Wildman–Crippen MR) is 91.6 cm³/mol. The van der Waals surface area contributed by atoms with Gasteiger partial charge in [-0.2, -0.15) is 0 Å². The van der Waals surface area contributed by atoms with Gasteiger partial charge in [0.05, 0.1) is 9.79 Å². The van der Waals surface area contributed by atoms with Gasteiger partial charge in [0.1, 0.15) is 0 Å². The van der Waals surface area contributed by atoms with E-state index in [9.17, 15) is 17.6 Å². The van der Waals surface area contributed by atoms with E-state index >= 15 is 0 Å². The van der Waals surface area contributed by atoms with Crippen molar-refractivity contribution in [1.29, 1.82) is 0 Å². The zero-order valence-corrected chi connectivity index (χ0v) is 14.7. The number of hydrogen-bond acceptors (Lipinski definition) is 5. The van der Waals surface area contributed by atoms with Crippen LogP contribution in [0.15, 0.2) is 52.3 Å². The van der Waals surface area contributed by atoms with Crippen molar-refractivity contribution in [1.82, 2.24) is 0 Å². The predicted octanol–water partition coefficient (Wildman–Crippen LogP) is 2.87. The Hall–Kier alpha value is -2.25. The fraction of sp³-hybridized carbons (Fsp3) is 0.278. The van der Waals surface area contributed by atoms with Gasteiger partial charge < -0.3 is 10.5 Å². The first-order chi connectivity index (χ1) is 11.9. The molecule has 0 aliphatic heterocycles. The minimum absolute atomic E-state index is 0.0587. The fourth-order valence-corrected chi connectivity index (χ4v) is 3.52. The number of ether oxygens (including phenoxy) is 1. The van der Waals surface area contributed by atoms with Crippen molar-refractivity contribution in [2.75, 3.05) is 6.54 Å². The largest absolute Gasteiger partial charge is 0.423 e. The first-order valence-electron chi connectivity index (χ1n) is 7.92. The van der Waals surface area contributed by atoms with Crippen LogP contribution in [0, 0.1) is 5.82 Å². The van der Waals surface area contributed by atoms with E-state index in [-0.39, 0.29) is 22.0 Å². The number of carbonyl (C=O) groups is 1. The van der Waals surface area contributed by atoms with E-state index < -0.39 is 21.6 Å². The highest BCUT2D eigenvalue weighted by atomic mass is 32.2. The molecule has 7 heteroatoms. The molecule has 0 aliphatic rings. The first-order valence-corrected chi connectivity index (χ1v) is 9.41. The van der Waals surface area contributed by atoms with Gasteiger partial charge in [0.2, 0.25) is 9.84 Å². The lowest BCUT2D eigenvalue weighted by molar-refractivity contribution is -0.134. The maximum atomic E-state index is 14.1. The summed E-state index contributed by atoms with van der Waals surface area (Å²) in [4.78, 5) is 11.3. The second-order valence-corrected chi connectivity index (χ2v) is 7.45. The highest BCUT2D eigenvalue weighted by molar-refractivity contribution is 7.91. The van der Waals surface area contributed by atoms with Crippen LogP contribution in [0.2, 0.25) is 0 Å². The number of halogens is 1. The summed E-state index contributed by atoms with van der Waals surface area (Å²) < 4.78 is 44.2. The third-order valence-electron chi connectivity index (χ3n) is 3.56. The van der Waals surface area contributed by atoms with Crippen molar-refractivity contribution in [3.05, 3.63) is 53.8 Å². The molecule has 0 heterocycles. The molecule has 2 aromatic rings. The van der Waals surface area contributed by atoms with Crippen LogP contribution < -0.4 is 10.5 Å². The molecule has 0 bridgehead atoms. The summed E-state index contributed by atoms with van der Waals surface area (Å²) in [6.07, 6.45) is 1.38. The Labute approximate surface area is 146 Å². The topological polar surface area (TPSA) is 86.5 Å². The summed E-state index contributed by atoms with van der Waals surface area (Å²) in [5.41, 5.74) is 6.39. The van der Waals surface area contributed by atoms with Gasteiger partial charge >= 0.3 is 5.97 Å². The van der Waals surface area contributed by atoms with Gasteiger partial charge in [0.15, 0.2) is 11.6 Å². The summed E-state index contributed by atoms with van der Waals surface area (Å²) in [7, 11) is -3.86. The van der Waals surface area contributed by atoms with Crippen LogP contribution in [0.5, 0.6) is 5.75 Å². The molecule has 2 aromatic carbocycles. The average Bonchev–Trinajstić information content (AvgIpc) is 2.57. The van der Waals surface area contributed by atoms with Gasteiger partial charge in [-0.3, -0.25) is 4.79 Å². The molecule has 0 atom stereocenters. The van der Waals surface area contributed by atoms with Crippen molar-refractivity contribution >= 4 is 15.8 Å². The number of benzene rings is 2. The van der Waals surface area contributed by atoms with Crippen LogP contribution in [0.4, 0.5) is 4.39 Å². The maximum Gasteiger partial charge on any atom is 0.311 e. The number of hydrogen-bond donors (Lipinski definition) is 1. The molecule has 2 rings (SSSR count). The zero-order chi connectivity index (χ0) is 18.4. The number of carbonyl (C=O) groups excluding carboxylic acids is 1. The van der Waals surface area contributed by atoms with Gasteiger partial charge in [-0.1, -0.05) is 19.1 Å². The molecule has 0 fully saturated rings. The number of sulfone groups is 1. The molecule has 5 nitrogen and oxygen atoms in total. The Morgan fingerprint density at radius 3 is 2.32 bits per heavy atom. The SMILES string of the molecule is CCCC(=O)Oc1ccc(S(=O)(=O)c2ccc(CCN)cc2)cc1F. The van der Waals surface area contributed by atoms with Crippen molar-refractivity contribution in [2.24, 2.45) is 5.73 Å². The molecule has 0 spiro atoms. The number of esters is 1. The van der Waals surface area contributed by atoms with Crippen molar-refractivity contribution in [3.63, 3.8) is 0 Å². The lowest BCUT2D eigenvalue weighted by Crippen LogP contribution is -2.09. The molecule has 0 unspecified atom stereocenters. The van der Waals surface area contributed by atoms with Gasteiger partial charge in [0, 0.05) is 6.42 Å². The standard InChI is InChI=1S/C18H20FNO4S/c1-2-3-18(21)24-17-9-8-15(12-16(17)19)25(22,23)14-6-4-13(5-7-14)10-11-20/h4-9,12H,2-3,10-11,20H2,1H3. The lowest BCUT2D eigenvalue weighted by atomic mass is 10.2. The minimum Gasteiger partial charge on any atom is -0.423 e. The van der Waals surface area contributed by atoms with Gasteiger partial charge in [-0.15, -0.1) is 0 Å². The molecule has 0 aliphatic carbocycles. The highest BCUT2D eigenvalue weighted by Gasteiger charge is 2.20. The molecule has 0 aromatic heterocycles. The van der Waals surface area contributed by atoms with E-state index in [0.717, 1.165) is 17.7 Å². The summed E-state index contributed by atoms with van der Waals surface area (Å²) in [5.74, 6) is -1.74. The van der Waals surface area contributed by atoms with E-state index in [1.54, 1.807) is 19.1 Å². The second kappa shape index (κ2) is 8.22. The van der Waals surface area contributed by atoms with E-state index in [1.165, 1.54) is 18.2 Å². The molecule has 0 amide bonds.